The van der Waals surface area contributed by atoms with Gasteiger partial charge in [0.2, 0.25) is 10.0 Å². The van der Waals surface area contributed by atoms with Crippen molar-refractivity contribution in [2.24, 2.45) is 0 Å². The molecule has 0 fully saturated rings. The van der Waals surface area contributed by atoms with Crippen LogP contribution in [0.15, 0.2) is 0 Å². The Hall–Kier alpha value is -0.920. The van der Waals surface area contributed by atoms with E-state index in [4.69, 9.17) is 11.6 Å². The average molecular weight is 321 g/mol. The van der Waals surface area contributed by atoms with Gasteiger partial charge >= 0.3 is 0 Å². The zero-order chi connectivity index (χ0) is 15.3. The van der Waals surface area contributed by atoms with E-state index in [0.29, 0.717) is 36.3 Å². The van der Waals surface area contributed by atoms with E-state index >= 15 is 0 Å². The van der Waals surface area contributed by atoms with E-state index in [1.165, 1.54) is 0 Å². The second-order valence-corrected chi connectivity index (χ2v) is 7.14. The molecule has 0 amide bonds. The third-order valence-corrected chi connectivity index (χ3v) is 3.73. The molecule has 20 heavy (non-hydrogen) atoms. The quantitative estimate of drug-likeness (QED) is 0.592. The Labute approximate surface area is 125 Å². The maximum Gasteiger partial charge on any atom is 0.208 e. The van der Waals surface area contributed by atoms with Crippen LogP contribution >= 0.6 is 11.6 Å². The molecule has 114 valence electrons. The molecule has 0 saturated carbocycles. The number of rotatable bonds is 7. The highest BCUT2D eigenvalue weighted by Gasteiger charge is 2.11. The summed E-state index contributed by atoms with van der Waals surface area (Å²) in [5.74, 6) is 1.59. The van der Waals surface area contributed by atoms with E-state index < -0.39 is 10.0 Å². The van der Waals surface area contributed by atoms with Crippen molar-refractivity contribution in [1.29, 1.82) is 0 Å². The third kappa shape index (κ3) is 5.60. The standard InChI is InChI=1S/C12H21ClN4O2S/c1-8(2)11-16-10(13)9(3)12(17-11)14-6-5-7-15-20(4,18)19/h8,15H,5-7H2,1-4H3,(H,14,16,17). The molecule has 0 atom stereocenters. The van der Waals surface area contributed by atoms with E-state index in [9.17, 15) is 8.42 Å². The number of halogens is 1. The van der Waals surface area contributed by atoms with E-state index in [1.54, 1.807) is 0 Å². The summed E-state index contributed by atoms with van der Waals surface area (Å²) in [6, 6.07) is 0. The lowest BCUT2D eigenvalue weighted by atomic mass is 10.2. The highest BCUT2D eigenvalue weighted by molar-refractivity contribution is 7.88. The van der Waals surface area contributed by atoms with Crippen LogP contribution in [0, 0.1) is 6.92 Å². The Bertz CT molecular complexity index is 561. The third-order valence-electron chi connectivity index (χ3n) is 2.63. The Balaban J connectivity index is 2.59. The normalized spacial score (nSPS) is 11.9. The molecule has 6 nitrogen and oxygen atoms in total. The number of hydrogen-bond donors (Lipinski definition) is 2. The van der Waals surface area contributed by atoms with Gasteiger partial charge in [0.25, 0.3) is 0 Å². The second kappa shape index (κ2) is 7.19. The number of hydrogen-bond acceptors (Lipinski definition) is 5. The van der Waals surface area contributed by atoms with Gasteiger partial charge in [0.1, 0.15) is 16.8 Å². The van der Waals surface area contributed by atoms with Crippen LogP contribution in [0.3, 0.4) is 0 Å². The zero-order valence-corrected chi connectivity index (χ0v) is 13.8. The van der Waals surface area contributed by atoms with Gasteiger partial charge in [-0.3, -0.25) is 0 Å². The van der Waals surface area contributed by atoms with E-state index in [0.717, 1.165) is 11.8 Å². The van der Waals surface area contributed by atoms with E-state index in [1.807, 2.05) is 20.8 Å². The van der Waals surface area contributed by atoms with Crippen molar-refractivity contribution in [1.82, 2.24) is 14.7 Å². The highest BCUT2D eigenvalue weighted by Crippen LogP contribution is 2.22. The number of nitrogens with zero attached hydrogens (tertiary/aromatic N) is 2. The first kappa shape index (κ1) is 17.1. The van der Waals surface area contributed by atoms with Crippen molar-refractivity contribution in [3.63, 3.8) is 0 Å². The first-order chi connectivity index (χ1) is 9.20. The van der Waals surface area contributed by atoms with Gasteiger partial charge in [-0.1, -0.05) is 25.4 Å². The largest absolute Gasteiger partial charge is 0.370 e. The molecule has 1 heterocycles. The maximum absolute atomic E-state index is 10.9. The summed E-state index contributed by atoms with van der Waals surface area (Å²) in [7, 11) is -3.13. The van der Waals surface area contributed by atoms with Crippen LogP contribution in [0.4, 0.5) is 5.82 Å². The summed E-state index contributed by atoms with van der Waals surface area (Å²) in [5, 5.41) is 3.61. The summed E-state index contributed by atoms with van der Waals surface area (Å²) in [6.07, 6.45) is 1.80. The fourth-order valence-electron chi connectivity index (χ4n) is 1.49. The number of sulfonamides is 1. The topological polar surface area (TPSA) is 84.0 Å². The molecule has 0 aromatic carbocycles. The number of aromatic nitrogens is 2. The lowest BCUT2D eigenvalue weighted by Gasteiger charge is -2.12. The molecular formula is C12H21ClN4O2S. The van der Waals surface area contributed by atoms with Gasteiger partial charge in [0.05, 0.1) is 6.26 Å². The monoisotopic (exact) mass is 320 g/mol. The van der Waals surface area contributed by atoms with Gasteiger partial charge in [-0.05, 0) is 13.3 Å². The summed E-state index contributed by atoms with van der Waals surface area (Å²) in [4.78, 5) is 8.67. The molecule has 0 spiro atoms. The van der Waals surface area contributed by atoms with Crippen molar-refractivity contribution in [2.45, 2.75) is 33.1 Å². The van der Waals surface area contributed by atoms with Crippen molar-refractivity contribution in [2.75, 3.05) is 24.7 Å². The Morgan fingerprint density at radius 3 is 2.45 bits per heavy atom. The second-order valence-electron chi connectivity index (χ2n) is 4.95. The maximum atomic E-state index is 10.9. The van der Waals surface area contributed by atoms with Crippen molar-refractivity contribution >= 4 is 27.4 Å². The van der Waals surface area contributed by atoms with Crippen LogP contribution in [0.1, 0.15) is 37.6 Å². The molecule has 1 aromatic heterocycles. The minimum absolute atomic E-state index is 0.195. The predicted octanol–water partition coefficient (Wildman–Crippen LogP) is 1.91. The number of nitrogens with one attached hydrogen (secondary N) is 2. The van der Waals surface area contributed by atoms with E-state index in [-0.39, 0.29) is 5.92 Å². The molecule has 0 unspecified atom stereocenters. The molecule has 1 aromatic rings. The van der Waals surface area contributed by atoms with E-state index in [2.05, 4.69) is 20.0 Å². The Morgan fingerprint density at radius 1 is 1.25 bits per heavy atom. The van der Waals surface area contributed by atoms with Crippen LogP contribution in [0.2, 0.25) is 5.15 Å². The van der Waals surface area contributed by atoms with Crippen LogP contribution in [-0.2, 0) is 10.0 Å². The van der Waals surface area contributed by atoms with Gasteiger partial charge in [0.15, 0.2) is 0 Å². The molecule has 0 aliphatic rings. The summed E-state index contributed by atoms with van der Waals surface area (Å²) in [6.45, 7) is 6.85. The van der Waals surface area contributed by atoms with Gasteiger partial charge < -0.3 is 5.32 Å². The van der Waals surface area contributed by atoms with Gasteiger partial charge in [-0.25, -0.2) is 23.1 Å². The molecule has 0 saturated heterocycles. The fraction of sp³-hybridized carbons (Fsp3) is 0.667. The zero-order valence-electron chi connectivity index (χ0n) is 12.2. The van der Waals surface area contributed by atoms with Crippen LogP contribution < -0.4 is 10.0 Å². The lowest BCUT2D eigenvalue weighted by molar-refractivity contribution is 0.586. The molecule has 1 rings (SSSR count). The van der Waals surface area contributed by atoms with Gasteiger partial charge in [0, 0.05) is 24.6 Å². The van der Waals surface area contributed by atoms with Crippen LogP contribution in [0.25, 0.3) is 0 Å². The first-order valence-electron chi connectivity index (χ1n) is 6.43. The highest BCUT2D eigenvalue weighted by atomic mass is 35.5. The molecule has 2 N–H and O–H groups in total. The van der Waals surface area contributed by atoms with Crippen molar-refractivity contribution in [3.05, 3.63) is 16.5 Å². The summed E-state index contributed by atoms with van der Waals surface area (Å²) < 4.78 is 24.3. The lowest BCUT2D eigenvalue weighted by Crippen LogP contribution is -2.24. The minimum atomic E-state index is -3.13. The Morgan fingerprint density at radius 2 is 1.90 bits per heavy atom. The van der Waals surface area contributed by atoms with Gasteiger partial charge in [-0.15, -0.1) is 0 Å². The minimum Gasteiger partial charge on any atom is -0.370 e. The molecule has 0 aliphatic carbocycles. The smallest absolute Gasteiger partial charge is 0.208 e. The SMILES string of the molecule is Cc1c(Cl)nc(C(C)C)nc1NCCCNS(C)(=O)=O. The van der Waals surface area contributed by atoms with Gasteiger partial charge in [-0.2, -0.15) is 0 Å². The van der Waals surface area contributed by atoms with Crippen molar-refractivity contribution < 1.29 is 8.42 Å². The van der Waals surface area contributed by atoms with Crippen LogP contribution in [-0.4, -0.2) is 37.7 Å². The molecule has 0 bridgehead atoms. The summed E-state index contributed by atoms with van der Waals surface area (Å²) in [5.41, 5.74) is 0.798. The average Bonchev–Trinajstić information content (AvgIpc) is 2.32. The molecule has 8 heteroatoms. The summed E-state index contributed by atoms with van der Waals surface area (Å²) >= 11 is 6.08. The molecule has 0 aliphatic heterocycles. The van der Waals surface area contributed by atoms with Crippen LogP contribution in [0.5, 0.6) is 0 Å². The Kier molecular flexibility index (Phi) is 6.16. The van der Waals surface area contributed by atoms with Crippen molar-refractivity contribution in [3.8, 4) is 0 Å². The molecule has 0 radical (unpaired) electrons. The fourth-order valence-corrected chi connectivity index (χ4v) is 2.18. The first-order valence-corrected chi connectivity index (χ1v) is 8.70. The number of anilines is 1. The predicted molar refractivity (Wildman–Crippen MR) is 81.8 cm³/mol. The molecular weight excluding hydrogens is 300 g/mol.